The Morgan fingerprint density at radius 1 is 1.35 bits per heavy atom. The Balaban J connectivity index is 1.73. The Hall–Kier alpha value is -1.59. The summed E-state index contributed by atoms with van der Waals surface area (Å²) in [7, 11) is 0. The molecule has 5 nitrogen and oxygen atoms in total. The number of nitrogen functional groups attached to an aromatic ring is 1. The van der Waals surface area contributed by atoms with Crippen molar-refractivity contribution >= 4 is 11.6 Å². The monoisotopic (exact) mass is 274 g/mol. The van der Waals surface area contributed by atoms with Crippen molar-refractivity contribution in [3.8, 4) is 0 Å². The zero-order valence-corrected chi connectivity index (χ0v) is 11.9. The number of hydrazine groups is 1. The molecule has 108 valence electrons. The summed E-state index contributed by atoms with van der Waals surface area (Å²) in [6.45, 7) is 4.26. The summed E-state index contributed by atoms with van der Waals surface area (Å²) in [6.07, 6.45) is 3.49. The number of carbonyl (C=O) groups excluding carboxylic acids is 1. The minimum atomic E-state index is -0.0308. The van der Waals surface area contributed by atoms with Crippen molar-refractivity contribution in [2.75, 3.05) is 18.5 Å². The van der Waals surface area contributed by atoms with E-state index in [0.717, 1.165) is 18.5 Å². The molecule has 2 saturated heterocycles. The van der Waals surface area contributed by atoms with Crippen molar-refractivity contribution in [3.63, 3.8) is 0 Å². The summed E-state index contributed by atoms with van der Waals surface area (Å²) in [5, 5.41) is 3.18. The SMILES string of the molecule is Cc1ccc(C(=O)NC2CCN3CCCC23)c(NN)c1. The quantitative estimate of drug-likeness (QED) is 0.573. The van der Waals surface area contributed by atoms with Gasteiger partial charge in [0.25, 0.3) is 5.91 Å². The van der Waals surface area contributed by atoms with Gasteiger partial charge in [0.05, 0.1) is 11.3 Å². The summed E-state index contributed by atoms with van der Waals surface area (Å²) < 4.78 is 0. The zero-order chi connectivity index (χ0) is 14.1. The van der Waals surface area contributed by atoms with Gasteiger partial charge in [-0.1, -0.05) is 6.07 Å². The van der Waals surface area contributed by atoms with Crippen LogP contribution in [0.15, 0.2) is 18.2 Å². The molecule has 0 spiro atoms. The van der Waals surface area contributed by atoms with Gasteiger partial charge in [-0.2, -0.15) is 0 Å². The van der Waals surface area contributed by atoms with Crippen LogP contribution < -0.4 is 16.6 Å². The molecule has 2 atom stereocenters. The average molecular weight is 274 g/mol. The van der Waals surface area contributed by atoms with Crippen LogP contribution in [0.1, 0.15) is 35.2 Å². The molecule has 2 unspecified atom stereocenters. The van der Waals surface area contributed by atoms with Crippen molar-refractivity contribution in [2.45, 2.75) is 38.3 Å². The molecule has 2 aliphatic heterocycles. The highest BCUT2D eigenvalue weighted by atomic mass is 16.1. The maximum absolute atomic E-state index is 12.5. The van der Waals surface area contributed by atoms with Gasteiger partial charge in [0.15, 0.2) is 0 Å². The van der Waals surface area contributed by atoms with E-state index in [0.29, 0.717) is 17.3 Å². The fraction of sp³-hybridized carbons (Fsp3) is 0.533. The number of nitrogens with one attached hydrogen (secondary N) is 2. The van der Waals surface area contributed by atoms with E-state index in [1.165, 1.54) is 19.4 Å². The third kappa shape index (κ3) is 2.39. The molecule has 0 radical (unpaired) electrons. The summed E-state index contributed by atoms with van der Waals surface area (Å²) in [5.74, 6) is 5.48. The predicted molar refractivity (Wildman–Crippen MR) is 79.5 cm³/mol. The number of carbonyl (C=O) groups is 1. The molecule has 0 saturated carbocycles. The number of aryl methyl sites for hydroxylation is 1. The van der Waals surface area contributed by atoms with Gasteiger partial charge in [0, 0.05) is 18.6 Å². The van der Waals surface area contributed by atoms with Gasteiger partial charge in [-0.25, -0.2) is 0 Å². The minimum Gasteiger partial charge on any atom is -0.348 e. The van der Waals surface area contributed by atoms with E-state index >= 15 is 0 Å². The molecular formula is C15H22N4O. The normalized spacial score (nSPS) is 25.5. The van der Waals surface area contributed by atoms with Gasteiger partial charge in [-0.15, -0.1) is 0 Å². The van der Waals surface area contributed by atoms with Gasteiger partial charge >= 0.3 is 0 Å². The summed E-state index contributed by atoms with van der Waals surface area (Å²) in [5.41, 5.74) is 5.00. The van der Waals surface area contributed by atoms with Crippen LogP contribution in [0.4, 0.5) is 5.69 Å². The number of nitrogens with zero attached hydrogens (tertiary/aromatic N) is 1. The van der Waals surface area contributed by atoms with Crippen LogP contribution in [-0.2, 0) is 0 Å². The van der Waals surface area contributed by atoms with Crippen LogP contribution in [0, 0.1) is 6.92 Å². The van der Waals surface area contributed by atoms with Crippen molar-refractivity contribution < 1.29 is 4.79 Å². The first kappa shape index (κ1) is 13.4. The number of benzene rings is 1. The molecule has 1 amide bonds. The van der Waals surface area contributed by atoms with Crippen LogP contribution in [0.2, 0.25) is 0 Å². The van der Waals surface area contributed by atoms with Crippen LogP contribution in [0.5, 0.6) is 0 Å². The number of hydrogen-bond acceptors (Lipinski definition) is 4. The lowest BCUT2D eigenvalue weighted by Crippen LogP contribution is -2.42. The number of amides is 1. The smallest absolute Gasteiger partial charge is 0.253 e. The molecule has 20 heavy (non-hydrogen) atoms. The average Bonchev–Trinajstić information content (AvgIpc) is 3.03. The Morgan fingerprint density at radius 3 is 3.00 bits per heavy atom. The van der Waals surface area contributed by atoms with Crippen LogP contribution in [-0.4, -0.2) is 36.0 Å². The lowest BCUT2D eigenvalue weighted by molar-refractivity contribution is 0.0930. The molecule has 4 N–H and O–H groups in total. The topological polar surface area (TPSA) is 70.4 Å². The van der Waals surface area contributed by atoms with E-state index < -0.39 is 0 Å². The Kier molecular flexibility index (Phi) is 3.63. The van der Waals surface area contributed by atoms with E-state index in [-0.39, 0.29) is 11.9 Å². The zero-order valence-electron chi connectivity index (χ0n) is 11.9. The minimum absolute atomic E-state index is 0.0308. The summed E-state index contributed by atoms with van der Waals surface area (Å²) in [6, 6.07) is 6.47. The molecule has 0 aliphatic carbocycles. The first-order valence-corrected chi connectivity index (χ1v) is 7.31. The van der Waals surface area contributed by atoms with Gasteiger partial charge in [0.2, 0.25) is 0 Å². The van der Waals surface area contributed by atoms with Crippen molar-refractivity contribution in [1.82, 2.24) is 10.2 Å². The fourth-order valence-corrected chi connectivity index (χ4v) is 3.47. The number of rotatable bonds is 3. The lowest BCUT2D eigenvalue weighted by Gasteiger charge is -2.21. The molecule has 1 aromatic rings. The Labute approximate surface area is 119 Å². The number of fused-ring (bicyclic) bond motifs is 1. The molecule has 2 heterocycles. The third-order valence-corrected chi connectivity index (χ3v) is 4.50. The van der Waals surface area contributed by atoms with Gasteiger partial charge in [0.1, 0.15) is 0 Å². The van der Waals surface area contributed by atoms with Crippen LogP contribution >= 0.6 is 0 Å². The highest BCUT2D eigenvalue weighted by Crippen LogP contribution is 2.28. The van der Waals surface area contributed by atoms with Crippen molar-refractivity contribution in [3.05, 3.63) is 29.3 Å². The molecule has 3 rings (SSSR count). The summed E-state index contributed by atoms with van der Waals surface area (Å²) in [4.78, 5) is 14.9. The van der Waals surface area contributed by atoms with Crippen molar-refractivity contribution in [1.29, 1.82) is 0 Å². The highest BCUT2D eigenvalue weighted by Gasteiger charge is 2.37. The van der Waals surface area contributed by atoms with Crippen LogP contribution in [0.3, 0.4) is 0 Å². The number of nitrogens with two attached hydrogens (primary N) is 1. The second-order valence-electron chi connectivity index (χ2n) is 5.81. The van der Waals surface area contributed by atoms with E-state index in [4.69, 9.17) is 5.84 Å². The molecule has 2 aliphatic rings. The third-order valence-electron chi connectivity index (χ3n) is 4.50. The number of anilines is 1. The van der Waals surface area contributed by atoms with Crippen molar-refractivity contribution in [2.24, 2.45) is 5.84 Å². The number of hydrogen-bond donors (Lipinski definition) is 3. The highest BCUT2D eigenvalue weighted by molar-refractivity contribution is 5.99. The second-order valence-corrected chi connectivity index (χ2v) is 5.81. The van der Waals surface area contributed by atoms with E-state index in [2.05, 4.69) is 15.6 Å². The van der Waals surface area contributed by atoms with E-state index in [1.54, 1.807) is 0 Å². The molecule has 2 fully saturated rings. The standard InChI is InChI=1S/C15H22N4O/c1-10-4-5-11(13(9-10)18-16)15(20)17-12-6-8-19-7-2-3-14(12)19/h4-5,9,12,14,18H,2-3,6-8,16H2,1H3,(H,17,20). The molecular weight excluding hydrogens is 252 g/mol. The fourth-order valence-electron chi connectivity index (χ4n) is 3.47. The Bertz CT molecular complexity index is 517. The first-order chi connectivity index (χ1) is 9.69. The second kappa shape index (κ2) is 5.42. The largest absolute Gasteiger partial charge is 0.348 e. The molecule has 1 aromatic carbocycles. The molecule has 0 aromatic heterocycles. The lowest BCUT2D eigenvalue weighted by atomic mass is 10.0. The predicted octanol–water partition coefficient (Wildman–Crippen LogP) is 1.25. The van der Waals surface area contributed by atoms with Gasteiger partial charge in [-0.05, 0) is 50.4 Å². The van der Waals surface area contributed by atoms with E-state index in [9.17, 15) is 4.79 Å². The Morgan fingerprint density at radius 2 is 2.20 bits per heavy atom. The van der Waals surface area contributed by atoms with E-state index in [1.807, 2.05) is 25.1 Å². The first-order valence-electron chi connectivity index (χ1n) is 7.31. The van der Waals surface area contributed by atoms with Gasteiger partial charge in [-0.3, -0.25) is 15.5 Å². The maximum Gasteiger partial charge on any atom is 0.253 e. The van der Waals surface area contributed by atoms with Crippen LogP contribution in [0.25, 0.3) is 0 Å². The maximum atomic E-state index is 12.5. The van der Waals surface area contributed by atoms with Gasteiger partial charge < -0.3 is 10.7 Å². The molecule has 0 bridgehead atoms. The summed E-state index contributed by atoms with van der Waals surface area (Å²) >= 11 is 0. The molecule has 5 heteroatoms.